The zero-order chi connectivity index (χ0) is 25.7. The van der Waals surface area contributed by atoms with Crippen molar-refractivity contribution in [3.63, 3.8) is 0 Å². The summed E-state index contributed by atoms with van der Waals surface area (Å²) >= 11 is 0. The number of ether oxygens (including phenoxy) is 2. The first-order valence-electron chi connectivity index (χ1n) is 12.9. The molecule has 1 atom stereocenters. The Balaban J connectivity index is 1.43. The van der Waals surface area contributed by atoms with Crippen LogP contribution in [0.15, 0.2) is 24.3 Å². The zero-order valence-corrected chi connectivity index (χ0v) is 21.1. The van der Waals surface area contributed by atoms with E-state index in [1.165, 1.54) is 5.56 Å². The van der Waals surface area contributed by atoms with E-state index in [1.807, 2.05) is 12.1 Å². The molecule has 9 heteroatoms. The SMILES string of the molecule is CCC(C)CCOc1nc(N)c2c(n1)OCCN(c1ccc(C3CCC(CC(=O)O)CC3)cc1)C2=O. The van der Waals surface area contributed by atoms with E-state index in [0.29, 0.717) is 25.0 Å². The van der Waals surface area contributed by atoms with Gasteiger partial charge in [0.25, 0.3) is 5.91 Å². The van der Waals surface area contributed by atoms with Gasteiger partial charge in [-0.05, 0) is 67.6 Å². The molecule has 0 radical (unpaired) electrons. The van der Waals surface area contributed by atoms with Crippen molar-refractivity contribution >= 4 is 23.4 Å². The van der Waals surface area contributed by atoms with Crippen LogP contribution in [0.3, 0.4) is 0 Å². The highest BCUT2D eigenvalue weighted by Crippen LogP contribution is 2.38. The van der Waals surface area contributed by atoms with Crippen LogP contribution in [0.2, 0.25) is 0 Å². The van der Waals surface area contributed by atoms with Crippen LogP contribution in [0, 0.1) is 11.8 Å². The van der Waals surface area contributed by atoms with Crippen LogP contribution >= 0.6 is 0 Å². The number of aromatic nitrogens is 2. The number of fused-ring (bicyclic) bond motifs is 1. The zero-order valence-electron chi connectivity index (χ0n) is 21.1. The number of carboxylic acid groups (broad SMARTS) is 1. The predicted octanol–water partition coefficient (Wildman–Crippen LogP) is 4.66. The van der Waals surface area contributed by atoms with Gasteiger partial charge in [-0.15, -0.1) is 0 Å². The number of anilines is 2. The fourth-order valence-corrected chi connectivity index (χ4v) is 4.95. The van der Waals surface area contributed by atoms with E-state index in [0.717, 1.165) is 44.2 Å². The maximum absolute atomic E-state index is 13.4. The Morgan fingerprint density at radius 3 is 2.61 bits per heavy atom. The number of carboxylic acids is 1. The fourth-order valence-electron chi connectivity index (χ4n) is 4.95. The van der Waals surface area contributed by atoms with E-state index in [2.05, 4.69) is 35.9 Å². The quantitative estimate of drug-likeness (QED) is 0.513. The number of rotatable bonds is 9. The lowest BCUT2D eigenvalue weighted by Crippen LogP contribution is -2.32. The number of hydrogen-bond donors (Lipinski definition) is 2. The summed E-state index contributed by atoms with van der Waals surface area (Å²) in [5.41, 5.74) is 8.30. The Hall–Kier alpha value is -3.36. The molecule has 36 heavy (non-hydrogen) atoms. The van der Waals surface area contributed by atoms with Gasteiger partial charge in [-0.3, -0.25) is 9.59 Å². The van der Waals surface area contributed by atoms with Gasteiger partial charge < -0.3 is 25.2 Å². The summed E-state index contributed by atoms with van der Waals surface area (Å²) in [4.78, 5) is 34.6. The number of nitrogens with two attached hydrogens (primary N) is 1. The molecule has 1 aromatic heterocycles. The molecule has 2 heterocycles. The van der Waals surface area contributed by atoms with Crippen LogP contribution in [0.1, 0.15) is 80.6 Å². The second-order valence-electron chi connectivity index (χ2n) is 9.93. The summed E-state index contributed by atoms with van der Waals surface area (Å²) in [6.45, 7) is 5.40. The predicted molar refractivity (Wildman–Crippen MR) is 137 cm³/mol. The summed E-state index contributed by atoms with van der Waals surface area (Å²) in [7, 11) is 0. The highest BCUT2D eigenvalue weighted by molar-refractivity contribution is 6.10. The van der Waals surface area contributed by atoms with Crippen molar-refractivity contribution in [3.8, 4) is 11.9 Å². The Morgan fingerprint density at radius 1 is 1.22 bits per heavy atom. The lowest BCUT2D eigenvalue weighted by molar-refractivity contribution is -0.138. The highest BCUT2D eigenvalue weighted by Gasteiger charge is 2.30. The Labute approximate surface area is 212 Å². The lowest BCUT2D eigenvalue weighted by Gasteiger charge is -2.28. The van der Waals surface area contributed by atoms with E-state index >= 15 is 0 Å². The first kappa shape index (κ1) is 25.7. The average Bonchev–Trinajstić information content (AvgIpc) is 3.03. The van der Waals surface area contributed by atoms with E-state index < -0.39 is 5.97 Å². The van der Waals surface area contributed by atoms with Crippen molar-refractivity contribution in [3.05, 3.63) is 35.4 Å². The standard InChI is InChI=1S/C27H36N4O5/c1-3-17(2)12-14-36-27-29-24(28)23-25(30-27)35-15-13-31(26(23)34)21-10-8-20(9-11-21)19-6-4-18(5-7-19)16-22(32)33/h8-11,17-19H,3-7,12-16H2,1-2H3,(H,32,33)(H2,28,29,30). The van der Waals surface area contributed by atoms with Gasteiger partial charge in [0.15, 0.2) is 0 Å². The average molecular weight is 497 g/mol. The third-order valence-electron chi connectivity index (χ3n) is 7.42. The molecule has 1 aliphatic heterocycles. The number of carbonyl (C=O) groups excluding carboxylic acids is 1. The first-order chi connectivity index (χ1) is 17.4. The maximum Gasteiger partial charge on any atom is 0.321 e. The highest BCUT2D eigenvalue weighted by atomic mass is 16.5. The van der Waals surface area contributed by atoms with Crippen molar-refractivity contribution in [2.24, 2.45) is 11.8 Å². The van der Waals surface area contributed by atoms with Crippen molar-refractivity contribution in [2.45, 2.75) is 64.7 Å². The van der Waals surface area contributed by atoms with E-state index in [-0.39, 0.29) is 48.1 Å². The molecule has 0 bridgehead atoms. The molecule has 3 N–H and O–H groups in total. The van der Waals surface area contributed by atoms with Crippen LogP contribution < -0.4 is 20.1 Å². The summed E-state index contributed by atoms with van der Waals surface area (Å²) < 4.78 is 11.5. The van der Waals surface area contributed by atoms with Crippen LogP contribution in [0.5, 0.6) is 11.9 Å². The topological polar surface area (TPSA) is 128 Å². The summed E-state index contributed by atoms with van der Waals surface area (Å²) in [5.74, 6) is 0.406. The van der Waals surface area contributed by atoms with Crippen molar-refractivity contribution in [2.75, 3.05) is 30.4 Å². The number of aliphatic carboxylic acids is 1. The molecule has 1 aromatic carbocycles. The molecule has 1 amide bonds. The van der Waals surface area contributed by atoms with Crippen molar-refractivity contribution in [1.29, 1.82) is 0 Å². The molecule has 1 fully saturated rings. The molecule has 194 valence electrons. The minimum Gasteiger partial charge on any atom is -0.481 e. The lowest BCUT2D eigenvalue weighted by atomic mass is 9.77. The monoisotopic (exact) mass is 496 g/mol. The molecule has 2 aromatic rings. The molecule has 1 saturated carbocycles. The Bertz CT molecular complexity index is 1070. The first-order valence-corrected chi connectivity index (χ1v) is 12.9. The number of amides is 1. The van der Waals surface area contributed by atoms with Gasteiger partial charge in [-0.1, -0.05) is 32.4 Å². The normalized spacial score (nSPS) is 20.7. The van der Waals surface area contributed by atoms with Crippen molar-refractivity contribution in [1.82, 2.24) is 9.97 Å². The molecule has 2 aliphatic rings. The van der Waals surface area contributed by atoms with Crippen LogP contribution in [0.4, 0.5) is 11.5 Å². The Morgan fingerprint density at radius 2 is 1.94 bits per heavy atom. The minimum atomic E-state index is -0.716. The van der Waals surface area contributed by atoms with E-state index in [4.69, 9.17) is 20.3 Å². The van der Waals surface area contributed by atoms with E-state index in [1.54, 1.807) is 4.90 Å². The van der Waals surface area contributed by atoms with Crippen LogP contribution in [-0.2, 0) is 4.79 Å². The second-order valence-corrected chi connectivity index (χ2v) is 9.93. The molecule has 9 nitrogen and oxygen atoms in total. The number of benzene rings is 1. The Kier molecular flexibility index (Phi) is 8.28. The molecule has 1 unspecified atom stereocenters. The van der Waals surface area contributed by atoms with Crippen molar-refractivity contribution < 1.29 is 24.2 Å². The largest absolute Gasteiger partial charge is 0.481 e. The van der Waals surface area contributed by atoms with Gasteiger partial charge in [-0.25, -0.2) is 0 Å². The summed E-state index contributed by atoms with van der Waals surface area (Å²) in [5, 5.41) is 9.03. The van der Waals surface area contributed by atoms with Gasteiger partial charge in [0, 0.05) is 12.1 Å². The maximum atomic E-state index is 13.4. The van der Waals surface area contributed by atoms with Gasteiger partial charge in [0.2, 0.25) is 5.88 Å². The van der Waals surface area contributed by atoms with Crippen LogP contribution in [-0.4, -0.2) is 46.7 Å². The third-order valence-corrected chi connectivity index (χ3v) is 7.42. The molecule has 0 spiro atoms. The number of nitrogen functional groups attached to an aromatic ring is 1. The number of hydrogen-bond acceptors (Lipinski definition) is 7. The summed E-state index contributed by atoms with van der Waals surface area (Å²) in [6.07, 6.45) is 6.03. The molecular formula is C27H36N4O5. The van der Waals surface area contributed by atoms with E-state index in [9.17, 15) is 9.59 Å². The van der Waals surface area contributed by atoms with Gasteiger partial charge in [0.05, 0.1) is 13.2 Å². The molecular weight excluding hydrogens is 460 g/mol. The number of carbonyl (C=O) groups is 2. The van der Waals surface area contributed by atoms with Gasteiger partial charge in [-0.2, -0.15) is 9.97 Å². The molecule has 1 aliphatic carbocycles. The second kappa shape index (κ2) is 11.6. The van der Waals surface area contributed by atoms with Crippen LogP contribution in [0.25, 0.3) is 0 Å². The minimum absolute atomic E-state index is 0.0465. The van der Waals surface area contributed by atoms with Gasteiger partial charge in [0.1, 0.15) is 18.0 Å². The molecule has 0 saturated heterocycles. The molecule has 4 rings (SSSR count). The smallest absolute Gasteiger partial charge is 0.321 e. The third kappa shape index (κ3) is 6.06. The van der Waals surface area contributed by atoms with Gasteiger partial charge >= 0.3 is 12.0 Å². The number of nitrogens with zero attached hydrogens (tertiary/aromatic N) is 3. The fraction of sp³-hybridized carbons (Fsp3) is 0.556. The summed E-state index contributed by atoms with van der Waals surface area (Å²) in [6, 6.07) is 8.14.